The Bertz CT molecular complexity index is 247. The molecular formula is C16H37N2PS2. The van der Waals surface area contributed by atoms with E-state index in [9.17, 15) is 0 Å². The summed E-state index contributed by atoms with van der Waals surface area (Å²) in [6.45, 7) is 13.5. The van der Waals surface area contributed by atoms with Gasteiger partial charge in [-0.25, -0.2) is 0 Å². The maximum Gasteiger partial charge on any atom is 0.129 e. The molecule has 0 saturated heterocycles. The van der Waals surface area contributed by atoms with Gasteiger partial charge in [0.1, 0.15) is 5.54 Å². The standard InChI is InChI=1S/C16H37N2PS2/c1-5-9-13-17(14-10-6-2)19(20,21)18(15-11-7-3)16-12-8-4/h5-16H2,1-4H3,(H,20,21). The molecule has 0 aromatic carbocycles. The van der Waals surface area contributed by atoms with Gasteiger partial charge in [0, 0.05) is 26.2 Å². The first-order valence-electron chi connectivity index (χ1n) is 8.88. The van der Waals surface area contributed by atoms with Crippen LogP contribution in [-0.4, -0.2) is 35.5 Å². The molecule has 0 heterocycles. The lowest BCUT2D eigenvalue weighted by atomic mass is 10.3. The lowest BCUT2D eigenvalue weighted by Gasteiger charge is -2.40. The van der Waals surface area contributed by atoms with E-state index in [2.05, 4.69) is 37.0 Å². The third-order valence-corrected chi connectivity index (χ3v) is 8.99. The largest absolute Gasteiger partial charge is 0.256 e. The maximum atomic E-state index is 6.07. The van der Waals surface area contributed by atoms with Crippen molar-refractivity contribution >= 4 is 29.6 Å². The van der Waals surface area contributed by atoms with Crippen LogP contribution in [0.25, 0.3) is 0 Å². The highest BCUT2D eigenvalue weighted by Gasteiger charge is 2.27. The van der Waals surface area contributed by atoms with Crippen molar-refractivity contribution < 1.29 is 0 Å². The van der Waals surface area contributed by atoms with Crippen LogP contribution in [0.3, 0.4) is 0 Å². The van der Waals surface area contributed by atoms with Gasteiger partial charge in [-0.05, 0) is 25.7 Å². The summed E-state index contributed by atoms with van der Waals surface area (Å²) in [6.07, 6.45) is 9.86. The quantitative estimate of drug-likeness (QED) is 0.305. The Labute approximate surface area is 144 Å². The van der Waals surface area contributed by atoms with Crippen molar-refractivity contribution in [1.82, 2.24) is 9.34 Å². The summed E-state index contributed by atoms with van der Waals surface area (Å²) < 4.78 is 5.06. The van der Waals surface area contributed by atoms with Gasteiger partial charge in [-0.2, -0.15) is 0 Å². The second-order valence-electron chi connectivity index (χ2n) is 5.83. The van der Waals surface area contributed by atoms with E-state index >= 15 is 0 Å². The normalized spacial score (nSPS) is 12.5. The average Bonchev–Trinajstić information content (AvgIpc) is 2.47. The molecule has 0 aliphatic rings. The molecule has 5 heteroatoms. The molecule has 0 unspecified atom stereocenters. The summed E-state index contributed by atoms with van der Waals surface area (Å²) in [6, 6.07) is 0. The third-order valence-electron chi connectivity index (χ3n) is 3.82. The summed E-state index contributed by atoms with van der Waals surface area (Å²) in [5, 5.41) is 0. The smallest absolute Gasteiger partial charge is 0.129 e. The minimum Gasteiger partial charge on any atom is -0.256 e. The second-order valence-corrected chi connectivity index (χ2v) is 12.0. The highest BCUT2D eigenvalue weighted by atomic mass is 32.9. The molecule has 0 spiro atoms. The van der Waals surface area contributed by atoms with E-state index in [0.29, 0.717) is 0 Å². The summed E-state index contributed by atoms with van der Waals surface area (Å²) in [5.74, 6) is 0. The van der Waals surface area contributed by atoms with Gasteiger partial charge in [0.2, 0.25) is 0 Å². The Hall–Kier alpha value is 0.920. The van der Waals surface area contributed by atoms with Gasteiger partial charge < -0.3 is 0 Å². The second kappa shape index (κ2) is 13.4. The zero-order valence-electron chi connectivity index (χ0n) is 14.7. The first kappa shape index (κ1) is 21.9. The van der Waals surface area contributed by atoms with E-state index in [1.165, 1.54) is 51.4 Å². The number of thiol groups is 1. The summed E-state index contributed by atoms with van der Waals surface area (Å²) in [7, 11) is 0. The molecule has 0 N–H and O–H groups in total. The molecule has 2 nitrogen and oxygen atoms in total. The SMILES string of the molecule is CCCCN(CCCC)P(=S)(S)N(CCCC)CCCC. The topological polar surface area (TPSA) is 6.48 Å². The van der Waals surface area contributed by atoms with Gasteiger partial charge in [0.25, 0.3) is 0 Å². The molecule has 0 fully saturated rings. The van der Waals surface area contributed by atoms with Crippen LogP contribution in [0.1, 0.15) is 79.1 Å². The van der Waals surface area contributed by atoms with Crippen molar-refractivity contribution in [3.8, 4) is 0 Å². The van der Waals surface area contributed by atoms with Crippen molar-refractivity contribution in [3.05, 3.63) is 0 Å². The Morgan fingerprint density at radius 2 is 0.905 bits per heavy atom. The Balaban J connectivity index is 4.89. The van der Waals surface area contributed by atoms with Crippen LogP contribution in [-0.2, 0) is 11.8 Å². The molecular weight excluding hydrogens is 315 g/mol. The van der Waals surface area contributed by atoms with Gasteiger partial charge in [0.15, 0.2) is 0 Å². The third kappa shape index (κ3) is 8.95. The van der Waals surface area contributed by atoms with Crippen LogP contribution in [0.4, 0.5) is 0 Å². The average molecular weight is 353 g/mol. The Morgan fingerprint density at radius 3 is 1.10 bits per heavy atom. The highest BCUT2D eigenvalue weighted by Crippen LogP contribution is 2.58. The molecule has 0 aliphatic carbocycles. The maximum absolute atomic E-state index is 6.07. The molecule has 0 amide bonds. The number of hydrogen-bond donors (Lipinski definition) is 1. The number of rotatable bonds is 14. The summed E-state index contributed by atoms with van der Waals surface area (Å²) >= 11 is 11.1. The monoisotopic (exact) mass is 352 g/mol. The van der Waals surface area contributed by atoms with Gasteiger partial charge >= 0.3 is 0 Å². The van der Waals surface area contributed by atoms with Crippen LogP contribution in [0, 0.1) is 0 Å². The fraction of sp³-hybridized carbons (Fsp3) is 1.00. The molecule has 0 saturated carbocycles. The van der Waals surface area contributed by atoms with Crippen molar-refractivity contribution in [2.24, 2.45) is 0 Å². The minimum atomic E-state index is -1.84. The van der Waals surface area contributed by atoms with Gasteiger partial charge in [-0.1, -0.05) is 65.2 Å². The molecule has 128 valence electrons. The molecule has 0 aromatic heterocycles. The predicted molar refractivity (Wildman–Crippen MR) is 106 cm³/mol. The van der Waals surface area contributed by atoms with Crippen LogP contribution >= 0.6 is 17.8 Å². The molecule has 0 aromatic rings. The lowest BCUT2D eigenvalue weighted by Crippen LogP contribution is -2.32. The van der Waals surface area contributed by atoms with E-state index in [1.807, 2.05) is 0 Å². The van der Waals surface area contributed by atoms with Crippen molar-refractivity contribution in [2.75, 3.05) is 26.2 Å². The van der Waals surface area contributed by atoms with Crippen molar-refractivity contribution in [2.45, 2.75) is 79.1 Å². The number of hydrogen-bond acceptors (Lipinski definition) is 1. The summed E-state index contributed by atoms with van der Waals surface area (Å²) in [4.78, 5) is 0. The number of unbranched alkanes of at least 4 members (excludes halogenated alkanes) is 4. The molecule has 0 radical (unpaired) electrons. The number of nitrogens with zero attached hydrogens (tertiary/aromatic N) is 2. The highest BCUT2D eigenvalue weighted by molar-refractivity contribution is 8.61. The van der Waals surface area contributed by atoms with E-state index < -0.39 is 5.54 Å². The fourth-order valence-corrected chi connectivity index (χ4v) is 6.30. The molecule has 0 bridgehead atoms. The zero-order valence-corrected chi connectivity index (χ0v) is 17.3. The Morgan fingerprint density at radius 1 is 0.667 bits per heavy atom. The minimum absolute atomic E-state index is 1.12. The lowest BCUT2D eigenvalue weighted by molar-refractivity contribution is 0.370. The van der Waals surface area contributed by atoms with E-state index in [-0.39, 0.29) is 0 Å². The molecule has 0 aliphatic heterocycles. The van der Waals surface area contributed by atoms with Gasteiger partial charge in [0.05, 0.1) is 0 Å². The van der Waals surface area contributed by atoms with E-state index in [1.54, 1.807) is 0 Å². The molecule has 0 atom stereocenters. The van der Waals surface area contributed by atoms with Gasteiger partial charge in [-0.15, -0.1) is 12.2 Å². The van der Waals surface area contributed by atoms with Crippen LogP contribution in [0.15, 0.2) is 0 Å². The Kier molecular flexibility index (Phi) is 14.0. The molecule has 21 heavy (non-hydrogen) atoms. The summed E-state index contributed by atoms with van der Waals surface area (Å²) in [5.41, 5.74) is -1.84. The molecule has 0 rings (SSSR count). The first-order chi connectivity index (χ1) is 10.0. The predicted octanol–water partition coefficient (Wildman–Crippen LogP) is 5.95. The van der Waals surface area contributed by atoms with Crippen LogP contribution < -0.4 is 0 Å². The first-order valence-corrected chi connectivity index (χ1v) is 12.7. The van der Waals surface area contributed by atoms with E-state index in [4.69, 9.17) is 24.1 Å². The van der Waals surface area contributed by atoms with Gasteiger partial charge in [-0.3, -0.25) is 9.34 Å². The van der Waals surface area contributed by atoms with Crippen molar-refractivity contribution in [3.63, 3.8) is 0 Å². The fourth-order valence-electron chi connectivity index (χ4n) is 2.29. The van der Waals surface area contributed by atoms with Crippen LogP contribution in [0.5, 0.6) is 0 Å². The zero-order chi connectivity index (χ0) is 16.1. The van der Waals surface area contributed by atoms with E-state index in [0.717, 1.165) is 26.2 Å². The van der Waals surface area contributed by atoms with Crippen LogP contribution in [0.2, 0.25) is 0 Å². The van der Waals surface area contributed by atoms with Crippen molar-refractivity contribution in [1.29, 1.82) is 0 Å².